The molecular weight excluding hydrogens is 204 g/mol. The summed E-state index contributed by atoms with van der Waals surface area (Å²) in [5, 5.41) is 0. The summed E-state index contributed by atoms with van der Waals surface area (Å²) in [7, 11) is -3.44. The summed E-state index contributed by atoms with van der Waals surface area (Å²) in [5.41, 5.74) is 7.61. The van der Waals surface area contributed by atoms with Gasteiger partial charge in [0, 0.05) is 0 Å². The SMILES string of the molecule is O=S(=O)(c1ccccc1)N1CNNN1. The van der Waals surface area contributed by atoms with Crippen LogP contribution in [0.3, 0.4) is 0 Å². The molecule has 14 heavy (non-hydrogen) atoms. The molecule has 0 radical (unpaired) electrons. The van der Waals surface area contributed by atoms with Gasteiger partial charge in [-0.25, -0.2) is 13.8 Å². The third-order valence-electron chi connectivity index (χ3n) is 1.82. The molecule has 6 nitrogen and oxygen atoms in total. The van der Waals surface area contributed by atoms with E-state index in [1.54, 1.807) is 30.3 Å². The van der Waals surface area contributed by atoms with E-state index in [2.05, 4.69) is 16.5 Å². The quantitative estimate of drug-likeness (QED) is 0.599. The molecule has 0 aliphatic carbocycles. The summed E-state index contributed by atoms with van der Waals surface area (Å²) in [6, 6.07) is 8.24. The van der Waals surface area contributed by atoms with E-state index < -0.39 is 10.0 Å². The molecule has 76 valence electrons. The molecule has 7 heteroatoms. The van der Waals surface area contributed by atoms with E-state index >= 15 is 0 Å². The minimum Gasteiger partial charge on any atom is -0.226 e. The van der Waals surface area contributed by atoms with Gasteiger partial charge in [-0.2, -0.15) is 11.1 Å². The highest BCUT2D eigenvalue weighted by molar-refractivity contribution is 7.89. The maximum absolute atomic E-state index is 11.8. The van der Waals surface area contributed by atoms with Crippen molar-refractivity contribution in [1.82, 2.24) is 20.9 Å². The number of sulfonamides is 1. The Morgan fingerprint density at radius 1 is 1.21 bits per heavy atom. The second kappa shape index (κ2) is 3.64. The smallest absolute Gasteiger partial charge is 0.226 e. The van der Waals surface area contributed by atoms with Crippen LogP contribution in [0, 0.1) is 0 Å². The lowest BCUT2D eigenvalue weighted by molar-refractivity contribution is 0.370. The lowest BCUT2D eigenvalue weighted by atomic mass is 10.4. The fraction of sp³-hybridized carbons (Fsp3) is 0.143. The largest absolute Gasteiger partial charge is 0.258 e. The van der Waals surface area contributed by atoms with Crippen molar-refractivity contribution in [2.24, 2.45) is 0 Å². The molecule has 0 spiro atoms. The van der Waals surface area contributed by atoms with Crippen LogP contribution in [-0.2, 0) is 10.0 Å². The fourth-order valence-electron chi connectivity index (χ4n) is 1.12. The van der Waals surface area contributed by atoms with Gasteiger partial charge in [-0.15, -0.1) is 4.41 Å². The Hall–Kier alpha value is -0.990. The van der Waals surface area contributed by atoms with E-state index in [1.807, 2.05) is 0 Å². The van der Waals surface area contributed by atoms with Gasteiger partial charge in [0.15, 0.2) is 0 Å². The van der Waals surface area contributed by atoms with Gasteiger partial charge in [-0.05, 0) is 12.1 Å². The van der Waals surface area contributed by atoms with Crippen LogP contribution in [0.5, 0.6) is 0 Å². The van der Waals surface area contributed by atoms with E-state index in [1.165, 1.54) is 0 Å². The van der Waals surface area contributed by atoms with Gasteiger partial charge in [0.25, 0.3) is 10.0 Å². The van der Waals surface area contributed by atoms with Crippen LogP contribution in [-0.4, -0.2) is 19.5 Å². The Balaban J connectivity index is 2.33. The summed E-state index contributed by atoms with van der Waals surface area (Å²) in [6.45, 7) is 0.192. The van der Waals surface area contributed by atoms with Crippen LogP contribution < -0.4 is 16.5 Å². The molecule has 1 aliphatic heterocycles. The zero-order valence-corrected chi connectivity index (χ0v) is 8.08. The molecule has 2 rings (SSSR count). The van der Waals surface area contributed by atoms with Crippen molar-refractivity contribution in [3.05, 3.63) is 30.3 Å². The highest BCUT2D eigenvalue weighted by atomic mass is 32.2. The van der Waals surface area contributed by atoms with Gasteiger partial charge in [0.2, 0.25) is 0 Å². The van der Waals surface area contributed by atoms with Crippen LogP contribution in [0.4, 0.5) is 0 Å². The van der Waals surface area contributed by atoms with Crippen LogP contribution in [0.1, 0.15) is 0 Å². The second-order valence-electron chi connectivity index (χ2n) is 2.74. The first kappa shape index (κ1) is 9.56. The van der Waals surface area contributed by atoms with E-state index in [4.69, 9.17) is 0 Å². The minimum absolute atomic E-state index is 0.192. The summed E-state index contributed by atoms with van der Waals surface area (Å²) in [6.07, 6.45) is 0. The van der Waals surface area contributed by atoms with Crippen molar-refractivity contribution in [3.8, 4) is 0 Å². The van der Waals surface area contributed by atoms with Crippen molar-refractivity contribution in [1.29, 1.82) is 0 Å². The highest BCUT2D eigenvalue weighted by Gasteiger charge is 2.26. The first-order valence-corrected chi connectivity index (χ1v) is 5.46. The second-order valence-corrected chi connectivity index (χ2v) is 4.60. The number of nitrogens with zero attached hydrogens (tertiary/aromatic N) is 1. The molecule has 0 bridgehead atoms. The van der Waals surface area contributed by atoms with Gasteiger partial charge in [-0.1, -0.05) is 18.2 Å². The molecule has 1 heterocycles. The Morgan fingerprint density at radius 2 is 1.93 bits per heavy atom. The van der Waals surface area contributed by atoms with Gasteiger partial charge in [0.1, 0.15) is 0 Å². The number of hydrogen-bond donors (Lipinski definition) is 3. The molecular formula is C7H10N4O2S. The first-order valence-electron chi connectivity index (χ1n) is 4.02. The number of benzene rings is 1. The van der Waals surface area contributed by atoms with E-state index in [0.717, 1.165) is 4.41 Å². The molecule has 0 atom stereocenters. The molecule has 3 N–H and O–H groups in total. The first-order chi connectivity index (χ1) is 6.71. The fourth-order valence-corrected chi connectivity index (χ4v) is 2.27. The normalized spacial score (nSPS) is 18.6. The monoisotopic (exact) mass is 214 g/mol. The Bertz CT molecular complexity index is 399. The summed E-state index contributed by atoms with van der Waals surface area (Å²) >= 11 is 0. The zero-order chi connectivity index (χ0) is 10.0. The van der Waals surface area contributed by atoms with Crippen molar-refractivity contribution >= 4 is 10.0 Å². The number of nitrogens with one attached hydrogen (secondary N) is 3. The molecule has 1 aromatic rings. The van der Waals surface area contributed by atoms with E-state index in [-0.39, 0.29) is 11.6 Å². The zero-order valence-electron chi connectivity index (χ0n) is 7.27. The van der Waals surface area contributed by atoms with Crippen LogP contribution in [0.25, 0.3) is 0 Å². The lowest BCUT2D eigenvalue weighted by Gasteiger charge is -2.13. The molecule has 1 aromatic carbocycles. The van der Waals surface area contributed by atoms with Gasteiger partial charge in [0.05, 0.1) is 11.6 Å². The number of hydrazine groups is 3. The van der Waals surface area contributed by atoms with E-state index in [0.29, 0.717) is 0 Å². The summed E-state index contributed by atoms with van der Waals surface area (Å²) < 4.78 is 24.7. The molecule has 0 amide bonds. The standard InChI is InChI=1S/C7H10N4O2S/c12-14(13,11-6-8-9-10-11)7-4-2-1-3-5-7/h1-5,8-10H,6H2. The average Bonchev–Trinajstić information content (AvgIpc) is 2.72. The highest BCUT2D eigenvalue weighted by Crippen LogP contribution is 2.12. The van der Waals surface area contributed by atoms with Gasteiger partial charge < -0.3 is 0 Å². The van der Waals surface area contributed by atoms with Crippen molar-refractivity contribution in [3.63, 3.8) is 0 Å². The summed E-state index contributed by atoms with van der Waals surface area (Å²) in [5.74, 6) is 0. The molecule has 0 aromatic heterocycles. The van der Waals surface area contributed by atoms with Crippen LogP contribution >= 0.6 is 0 Å². The van der Waals surface area contributed by atoms with Crippen LogP contribution in [0.15, 0.2) is 35.2 Å². The predicted molar refractivity (Wildman–Crippen MR) is 49.7 cm³/mol. The molecule has 0 unspecified atom stereocenters. The summed E-state index contributed by atoms with van der Waals surface area (Å²) in [4.78, 5) is 0.262. The van der Waals surface area contributed by atoms with Gasteiger partial charge in [-0.3, -0.25) is 0 Å². The van der Waals surface area contributed by atoms with Crippen LogP contribution in [0.2, 0.25) is 0 Å². The third kappa shape index (κ3) is 1.63. The third-order valence-corrected chi connectivity index (χ3v) is 3.49. The lowest BCUT2D eigenvalue weighted by Crippen LogP contribution is -2.40. The van der Waals surface area contributed by atoms with Gasteiger partial charge >= 0.3 is 0 Å². The molecule has 1 aliphatic rings. The predicted octanol–water partition coefficient (Wildman–Crippen LogP) is -0.838. The maximum Gasteiger partial charge on any atom is 0.258 e. The number of rotatable bonds is 2. The Kier molecular flexibility index (Phi) is 2.48. The maximum atomic E-state index is 11.8. The minimum atomic E-state index is -3.44. The average molecular weight is 214 g/mol. The molecule has 1 fully saturated rings. The number of hydrogen-bond acceptors (Lipinski definition) is 5. The van der Waals surface area contributed by atoms with Crippen molar-refractivity contribution < 1.29 is 8.42 Å². The van der Waals surface area contributed by atoms with Crippen molar-refractivity contribution in [2.75, 3.05) is 6.67 Å². The van der Waals surface area contributed by atoms with E-state index in [9.17, 15) is 8.42 Å². The Labute approximate surface area is 81.9 Å². The topological polar surface area (TPSA) is 73.5 Å². The molecule has 0 saturated carbocycles. The molecule has 1 saturated heterocycles. The van der Waals surface area contributed by atoms with Crippen molar-refractivity contribution in [2.45, 2.75) is 4.90 Å². The Morgan fingerprint density at radius 3 is 2.50 bits per heavy atom.